The van der Waals surface area contributed by atoms with Crippen LogP contribution in [0.5, 0.6) is 0 Å². The quantitative estimate of drug-likeness (QED) is 0.619. The number of amides is 1. The van der Waals surface area contributed by atoms with E-state index in [1.807, 2.05) is 6.92 Å². The van der Waals surface area contributed by atoms with Crippen LogP contribution in [-0.4, -0.2) is 36.6 Å². The number of ether oxygens (including phenoxy) is 1. The van der Waals surface area contributed by atoms with E-state index in [0.29, 0.717) is 12.5 Å². The summed E-state index contributed by atoms with van der Waals surface area (Å²) in [5.41, 5.74) is 0. The topological polar surface area (TPSA) is 29.5 Å². The molecule has 1 amide bonds. The fraction of sp³-hybridized carbons (Fsp3) is 0.900. The van der Waals surface area contributed by atoms with E-state index in [2.05, 4.69) is 6.92 Å². The Labute approximate surface area is 91.4 Å². The second-order valence-electron chi connectivity index (χ2n) is 3.14. The average molecular weight is 222 g/mol. The lowest BCUT2D eigenvalue weighted by atomic mass is 10.3. The van der Waals surface area contributed by atoms with Gasteiger partial charge in [-0.15, -0.1) is 11.6 Å². The van der Waals surface area contributed by atoms with Crippen molar-refractivity contribution >= 4 is 17.7 Å². The van der Waals surface area contributed by atoms with E-state index >= 15 is 0 Å². The molecule has 0 saturated heterocycles. The Morgan fingerprint density at radius 3 is 2.50 bits per heavy atom. The lowest BCUT2D eigenvalue weighted by Crippen LogP contribution is -2.33. The molecule has 0 rings (SSSR count). The smallest absolute Gasteiger partial charge is 0.409 e. The van der Waals surface area contributed by atoms with Crippen molar-refractivity contribution in [3.05, 3.63) is 0 Å². The Morgan fingerprint density at radius 1 is 1.29 bits per heavy atom. The van der Waals surface area contributed by atoms with E-state index < -0.39 is 0 Å². The van der Waals surface area contributed by atoms with E-state index in [9.17, 15) is 4.79 Å². The highest BCUT2D eigenvalue weighted by Crippen LogP contribution is 2.00. The molecule has 0 aliphatic heterocycles. The van der Waals surface area contributed by atoms with Gasteiger partial charge in [-0.2, -0.15) is 0 Å². The van der Waals surface area contributed by atoms with Crippen molar-refractivity contribution in [2.45, 2.75) is 33.1 Å². The van der Waals surface area contributed by atoms with Crippen molar-refractivity contribution in [3.8, 4) is 0 Å². The van der Waals surface area contributed by atoms with Crippen LogP contribution < -0.4 is 0 Å². The van der Waals surface area contributed by atoms with Gasteiger partial charge in [-0.05, 0) is 12.8 Å². The maximum atomic E-state index is 11.4. The minimum Gasteiger partial charge on any atom is -0.448 e. The molecule has 0 N–H and O–H groups in total. The van der Waals surface area contributed by atoms with Gasteiger partial charge in [0, 0.05) is 13.1 Å². The molecular weight excluding hydrogens is 202 g/mol. The fourth-order valence-corrected chi connectivity index (χ4v) is 1.21. The summed E-state index contributed by atoms with van der Waals surface area (Å²) in [5, 5.41) is 0. The molecule has 0 atom stereocenters. The molecule has 84 valence electrons. The Bertz CT molecular complexity index is 153. The number of hydrogen-bond acceptors (Lipinski definition) is 2. The highest BCUT2D eigenvalue weighted by atomic mass is 35.5. The van der Waals surface area contributed by atoms with Crippen LogP contribution in [0.15, 0.2) is 0 Å². The summed E-state index contributed by atoms with van der Waals surface area (Å²) in [6.07, 6.45) is 2.83. The summed E-state index contributed by atoms with van der Waals surface area (Å²) in [5.74, 6) is 0.361. The zero-order chi connectivity index (χ0) is 10.8. The number of halogens is 1. The van der Waals surface area contributed by atoms with Crippen LogP contribution in [0.2, 0.25) is 0 Å². The van der Waals surface area contributed by atoms with E-state index in [1.165, 1.54) is 0 Å². The third-order valence-electron chi connectivity index (χ3n) is 1.84. The van der Waals surface area contributed by atoms with Crippen molar-refractivity contribution in [2.75, 3.05) is 25.6 Å². The summed E-state index contributed by atoms with van der Waals surface area (Å²) in [6, 6.07) is 0. The van der Waals surface area contributed by atoms with Gasteiger partial charge in [0.25, 0.3) is 0 Å². The highest BCUT2D eigenvalue weighted by molar-refractivity contribution is 6.18. The molecule has 4 heteroatoms. The molecule has 0 aliphatic rings. The largest absolute Gasteiger partial charge is 0.448 e. The molecule has 14 heavy (non-hydrogen) atoms. The molecule has 0 unspecified atom stereocenters. The summed E-state index contributed by atoms with van der Waals surface area (Å²) in [7, 11) is 0. The summed E-state index contributed by atoms with van der Waals surface area (Å²) < 4.78 is 4.96. The first kappa shape index (κ1) is 13.6. The Balaban J connectivity index is 3.84. The maximum absolute atomic E-state index is 11.4. The Hall–Kier alpha value is -0.440. The van der Waals surface area contributed by atoms with Crippen LogP contribution in [0.4, 0.5) is 4.79 Å². The van der Waals surface area contributed by atoms with E-state index in [1.54, 1.807) is 4.90 Å². The Morgan fingerprint density at radius 2 is 2.00 bits per heavy atom. The molecule has 0 aromatic heterocycles. The molecule has 0 bridgehead atoms. The molecule has 0 fully saturated rings. The zero-order valence-corrected chi connectivity index (χ0v) is 9.85. The second-order valence-corrected chi connectivity index (χ2v) is 3.52. The van der Waals surface area contributed by atoms with E-state index in [-0.39, 0.29) is 6.09 Å². The van der Waals surface area contributed by atoms with Gasteiger partial charge in [0.05, 0.1) is 5.88 Å². The van der Waals surface area contributed by atoms with Gasteiger partial charge in [0.2, 0.25) is 0 Å². The molecule has 0 radical (unpaired) electrons. The van der Waals surface area contributed by atoms with Crippen molar-refractivity contribution in [2.24, 2.45) is 0 Å². The minimum absolute atomic E-state index is 0.235. The monoisotopic (exact) mass is 221 g/mol. The van der Waals surface area contributed by atoms with Crippen molar-refractivity contribution in [3.63, 3.8) is 0 Å². The van der Waals surface area contributed by atoms with E-state index in [0.717, 1.165) is 32.4 Å². The molecule has 0 aromatic carbocycles. The number of rotatable bonds is 7. The fourth-order valence-electron chi connectivity index (χ4n) is 1.13. The average Bonchev–Trinajstić information content (AvgIpc) is 2.20. The van der Waals surface area contributed by atoms with Crippen molar-refractivity contribution in [1.29, 1.82) is 0 Å². The second kappa shape index (κ2) is 9.13. The molecule has 0 saturated carbocycles. The standard InChI is InChI=1S/C10H20ClNO2/c1-3-5-8-12(7-4-2)10(13)14-9-6-11/h3-9H2,1-2H3. The molecule has 0 spiro atoms. The summed E-state index contributed by atoms with van der Waals surface area (Å²) in [4.78, 5) is 13.2. The van der Waals surface area contributed by atoms with Gasteiger partial charge < -0.3 is 9.64 Å². The summed E-state index contributed by atoms with van der Waals surface area (Å²) in [6.45, 7) is 6.00. The number of nitrogens with zero attached hydrogens (tertiary/aromatic N) is 1. The van der Waals surface area contributed by atoms with Crippen LogP contribution in [0.25, 0.3) is 0 Å². The maximum Gasteiger partial charge on any atom is 0.409 e. The first-order valence-corrected chi connectivity index (χ1v) is 5.77. The van der Waals surface area contributed by atoms with Crippen LogP contribution >= 0.6 is 11.6 Å². The molecular formula is C10H20ClNO2. The minimum atomic E-state index is -0.235. The molecule has 3 nitrogen and oxygen atoms in total. The Kier molecular flexibility index (Phi) is 8.84. The van der Waals surface area contributed by atoms with Crippen LogP contribution in [-0.2, 0) is 4.74 Å². The molecule has 0 aliphatic carbocycles. The predicted octanol–water partition coefficient (Wildman–Crippen LogP) is 2.87. The van der Waals surface area contributed by atoms with Crippen LogP contribution in [0.1, 0.15) is 33.1 Å². The molecule has 0 heterocycles. The summed E-state index contributed by atoms with van der Waals surface area (Å²) >= 11 is 5.44. The van der Waals surface area contributed by atoms with Gasteiger partial charge in [-0.3, -0.25) is 0 Å². The number of carbonyl (C=O) groups excluding carboxylic acids is 1. The first-order valence-electron chi connectivity index (χ1n) is 5.23. The van der Waals surface area contributed by atoms with Crippen LogP contribution in [0.3, 0.4) is 0 Å². The number of carbonyl (C=O) groups is 1. The number of unbranched alkanes of at least 4 members (excludes halogenated alkanes) is 1. The third-order valence-corrected chi connectivity index (χ3v) is 1.99. The highest BCUT2D eigenvalue weighted by Gasteiger charge is 2.12. The first-order chi connectivity index (χ1) is 6.76. The lowest BCUT2D eigenvalue weighted by molar-refractivity contribution is 0.107. The normalized spacial score (nSPS) is 9.93. The lowest BCUT2D eigenvalue weighted by Gasteiger charge is -2.20. The molecule has 0 aromatic rings. The van der Waals surface area contributed by atoms with E-state index in [4.69, 9.17) is 16.3 Å². The van der Waals surface area contributed by atoms with Crippen molar-refractivity contribution < 1.29 is 9.53 Å². The van der Waals surface area contributed by atoms with Gasteiger partial charge in [-0.1, -0.05) is 20.3 Å². The van der Waals surface area contributed by atoms with Gasteiger partial charge in [0.15, 0.2) is 0 Å². The zero-order valence-electron chi connectivity index (χ0n) is 9.09. The third kappa shape index (κ3) is 6.08. The van der Waals surface area contributed by atoms with Crippen molar-refractivity contribution in [1.82, 2.24) is 4.90 Å². The van der Waals surface area contributed by atoms with Crippen LogP contribution in [0, 0.1) is 0 Å². The van der Waals surface area contributed by atoms with Gasteiger partial charge in [-0.25, -0.2) is 4.79 Å². The van der Waals surface area contributed by atoms with Gasteiger partial charge in [0.1, 0.15) is 6.61 Å². The SMILES string of the molecule is CCCCN(CCC)C(=O)OCCCl. The van der Waals surface area contributed by atoms with Gasteiger partial charge >= 0.3 is 6.09 Å². The predicted molar refractivity (Wildman–Crippen MR) is 58.8 cm³/mol. The number of alkyl halides is 1. The number of hydrogen-bond donors (Lipinski definition) is 0.